The third-order valence-corrected chi connectivity index (χ3v) is 4.24. The molecule has 0 aliphatic rings. The molecular weight excluding hydrogens is 363 g/mol. The van der Waals surface area contributed by atoms with E-state index in [0.29, 0.717) is 23.6 Å². The highest BCUT2D eigenvalue weighted by Gasteiger charge is 2.26. The van der Waals surface area contributed by atoms with Crippen LogP contribution in [-0.2, 0) is 16.1 Å². The first-order valence-corrected chi connectivity index (χ1v) is 9.03. The Morgan fingerprint density at radius 2 is 1.75 bits per heavy atom. The first-order chi connectivity index (χ1) is 13.5. The molecule has 6 nitrogen and oxygen atoms in total. The topological polar surface area (TPSA) is 67.9 Å². The second-order valence-corrected chi connectivity index (χ2v) is 6.15. The fourth-order valence-electron chi connectivity index (χ4n) is 2.61. The molecule has 0 bridgehead atoms. The van der Waals surface area contributed by atoms with Crippen LogP contribution in [-0.4, -0.2) is 43.0 Å². The Bertz CT molecular complexity index is 795. The molecule has 2 aromatic carbocycles. The summed E-state index contributed by atoms with van der Waals surface area (Å²) in [4.78, 5) is 26.3. The molecule has 0 aliphatic carbocycles. The van der Waals surface area contributed by atoms with Crippen molar-refractivity contribution < 1.29 is 23.5 Å². The lowest BCUT2D eigenvalue weighted by Gasteiger charge is -2.28. The minimum Gasteiger partial charge on any atom is -0.497 e. The molecule has 1 N–H and O–H groups in total. The monoisotopic (exact) mass is 388 g/mol. The van der Waals surface area contributed by atoms with Crippen molar-refractivity contribution in [3.8, 4) is 11.5 Å². The Balaban J connectivity index is 2.12. The van der Waals surface area contributed by atoms with Crippen molar-refractivity contribution in [3.63, 3.8) is 0 Å². The van der Waals surface area contributed by atoms with Crippen molar-refractivity contribution >= 4 is 11.8 Å². The highest BCUT2D eigenvalue weighted by atomic mass is 19.1. The van der Waals surface area contributed by atoms with E-state index in [9.17, 15) is 14.0 Å². The first-order valence-electron chi connectivity index (χ1n) is 9.03. The Labute approximate surface area is 164 Å². The molecule has 2 amide bonds. The number of methoxy groups -OCH3 is 1. The zero-order valence-electron chi connectivity index (χ0n) is 16.3. The maximum absolute atomic E-state index is 14.1. The molecule has 0 radical (unpaired) electrons. The lowest BCUT2D eigenvalue weighted by atomic mass is 10.1. The number of carbonyl (C=O) groups is 2. The van der Waals surface area contributed by atoms with Crippen LogP contribution in [0.2, 0.25) is 0 Å². The SMILES string of the molecule is CCNC(=O)C(C)N(Cc1ccccc1F)C(=O)COc1ccc(OC)cc1. The molecule has 28 heavy (non-hydrogen) atoms. The van der Waals surface area contributed by atoms with Gasteiger partial charge in [-0.05, 0) is 44.2 Å². The van der Waals surface area contributed by atoms with Gasteiger partial charge in [-0.2, -0.15) is 0 Å². The largest absolute Gasteiger partial charge is 0.497 e. The Morgan fingerprint density at radius 3 is 2.36 bits per heavy atom. The predicted octanol–water partition coefficient (Wildman–Crippen LogP) is 2.77. The van der Waals surface area contributed by atoms with E-state index in [2.05, 4.69) is 5.32 Å². The quantitative estimate of drug-likeness (QED) is 0.717. The van der Waals surface area contributed by atoms with Crippen LogP contribution in [0.3, 0.4) is 0 Å². The van der Waals surface area contributed by atoms with Crippen molar-refractivity contribution in [1.29, 1.82) is 0 Å². The summed E-state index contributed by atoms with van der Waals surface area (Å²) in [6.45, 7) is 3.53. The van der Waals surface area contributed by atoms with E-state index in [4.69, 9.17) is 9.47 Å². The van der Waals surface area contributed by atoms with Gasteiger partial charge in [0.2, 0.25) is 5.91 Å². The molecule has 0 aromatic heterocycles. The first kappa shape index (κ1) is 21.2. The van der Waals surface area contributed by atoms with Crippen molar-refractivity contribution in [3.05, 3.63) is 59.9 Å². The average molecular weight is 388 g/mol. The second-order valence-electron chi connectivity index (χ2n) is 6.15. The summed E-state index contributed by atoms with van der Waals surface area (Å²) in [5.41, 5.74) is 0.330. The number of nitrogens with one attached hydrogen (secondary N) is 1. The third-order valence-electron chi connectivity index (χ3n) is 4.24. The summed E-state index contributed by atoms with van der Waals surface area (Å²) >= 11 is 0. The summed E-state index contributed by atoms with van der Waals surface area (Å²) < 4.78 is 24.7. The van der Waals surface area contributed by atoms with Crippen molar-refractivity contribution in [2.24, 2.45) is 0 Å². The molecule has 0 heterocycles. The molecule has 2 rings (SSSR count). The van der Waals surface area contributed by atoms with Gasteiger partial charge in [-0.1, -0.05) is 18.2 Å². The van der Waals surface area contributed by atoms with E-state index >= 15 is 0 Å². The molecule has 0 saturated carbocycles. The lowest BCUT2D eigenvalue weighted by Crippen LogP contribution is -2.49. The minimum atomic E-state index is -0.772. The van der Waals surface area contributed by atoms with Gasteiger partial charge in [0.1, 0.15) is 23.4 Å². The normalized spacial score (nSPS) is 11.4. The maximum Gasteiger partial charge on any atom is 0.261 e. The van der Waals surface area contributed by atoms with Gasteiger partial charge in [-0.25, -0.2) is 4.39 Å². The van der Waals surface area contributed by atoms with Crippen LogP contribution >= 0.6 is 0 Å². The molecule has 7 heteroatoms. The summed E-state index contributed by atoms with van der Waals surface area (Å²) in [5, 5.41) is 2.69. The zero-order valence-corrected chi connectivity index (χ0v) is 16.3. The third kappa shape index (κ3) is 5.70. The Morgan fingerprint density at radius 1 is 1.11 bits per heavy atom. The van der Waals surface area contributed by atoms with E-state index < -0.39 is 17.8 Å². The highest BCUT2D eigenvalue weighted by molar-refractivity contribution is 5.87. The Hall–Kier alpha value is -3.09. The van der Waals surface area contributed by atoms with Crippen molar-refractivity contribution in [1.82, 2.24) is 10.2 Å². The van der Waals surface area contributed by atoms with E-state index in [1.54, 1.807) is 63.4 Å². The van der Waals surface area contributed by atoms with Gasteiger partial charge in [0.05, 0.1) is 7.11 Å². The smallest absolute Gasteiger partial charge is 0.261 e. The second kappa shape index (κ2) is 10.3. The van der Waals surface area contributed by atoms with E-state index in [1.165, 1.54) is 11.0 Å². The van der Waals surface area contributed by atoms with E-state index in [1.807, 2.05) is 0 Å². The summed E-state index contributed by atoms with van der Waals surface area (Å²) in [6.07, 6.45) is 0. The molecule has 150 valence electrons. The van der Waals surface area contributed by atoms with Gasteiger partial charge in [0, 0.05) is 18.7 Å². The molecule has 0 saturated heterocycles. The predicted molar refractivity (Wildman–Crippen MR) is 104 cm³/mol. The van der Waals surface area contributed by atoms with Gasteiger partial charge < -0.3 is 19.7 Å². The molecule has 2 aromatic rings. The number of carbonyl (C=O) groups excluding carboxylic acids is 2. The molecule has 0 aliphatic heterocycles. The molecule has 1 atom stereocenters. The fourth-order valence-corrected chi connectivity index (χ4v) is 2.61. The van der Waals surface area contributed by atoms with Crippen LogP contribution in [0.4, 0.5) is 4.39 Å². The summed E-state index contributed by atoms with van der Waals surface area (Å²) in [5.74, 6) is 0.00398. The van der Waals surface area contributed by atoms with Crippen LogP contribution in [0.5, 0.6) is 11.5 Å². The number of halogens is 1. The molecular formula is C21H25FN2O4. The van der Waals surface area contributed by atoms with Crippen LogP contribution in [0.1, 0.15) is 19.4 Å². The standard InChI is InChI=1S/C21H25FN2O4/c1-4-23-21(26)15(2)24(13-16-7-5-6-8-19(16)22)20(25)14-28-18-11-9-17(27-3)10-12-18/h5-12,15H,4,13-14H2,1-3H3,(H,23,26). The van der Waals surface area contributed by atoms with Crippen LogP contribution in [0.25, 0.3) is 0 Å². The number of rotatable bonds is 9. The highest BCUT2D eigenvalue weighted by Crippen LogP contribution is 2.18. The zero-order chi connectivity index (χ0) is 20.5. The fraction of sp³-hybridized carbons (Fsp3) is 0.333. The maximum atomic E-state index is 14.1. The number of benzene rings is 2. The van der Waals surface area contributed by atoms with Gasteiger partial charge >= 0.3 is 0 Å². The van der Waals surface area contributed by atoms with Crippen molar-refractivity contribution in [2.45, 2.75) is 26.4 Å². The number of nitrogens with zero attached hydrogens (tertiary/aromatic N) is 1. The number of ether oxygens (including phenoxy) is 2. The van der Waals surface area contributed by atoms with E-state index in [-0.39, 0.29) is 19.1 Å². The van der Waals surface area contributed by atoms with Crippen LogP contribution < -0.4 is 14.8 Å². The number of hydrogen-bond acceptors (Lipinski definition) is 4. The summed E-state index contributed by atoms with van der Waals surface area (Å²) in [7, 11) is 1.56. The average Bonchev–Trinajstić information content (AvgIpc) is 2.71. The van der Waals surface area contributed by atoms with Crippen molar-refractivity contribution in [2.75, 3.05) is 20.3 Å². The van der Waals surface area contributed by atoms with Crippen LogP contribution in [0.15, 0.2) is 48.5 Å². The molecule has 1 unspecified atom stereocenters. The molecule has 0 fully saturated rings. The lowest BCUT2D eigenvalue weighted by molar-refractivity contribution is -0.142. The minimum absolute atomic E-state index is 0.0320. The number of amides is 2. The molecule has 0 spiro atoms. The summed E-state index contributed by atoms with van der Waals surface area (Å²) in [6, 6.07) is 12.2. The van der Waals surface area contributed by atoms with Gasteiger partial charge in [0.25, 0.3) is 5.91 Å². The Kier molecular flexibility index (Phi) is 7.80. The van der Waals surface area contributed by atoms with E-state index in [0.717, 1.165) is 0 Å². The van der Waals surface area contributed by atoms with Gasteiger partial charge in [-0.3, -0.25) is 9.59 Å². The van der Waals surface area contributed by atoms with Gasteiger partial charge in [-0.15, -0.1) is 0 Å². The van der Waals surface area contributed by atoms with Crippen LogP contribution in [0, 0.1) is 5.82 Å². The van der Waals surface area contributed by atoms with Gasteiger partial charge in [0.15, 0.2) is 6.61 Å². The number of hydrogen-bond donors (Lipinski definition) is 1. The number of likely N-dealkylation sites (N-methyl/N-ethyl adjacent to an activating group) is 1.